The van der Waals surface area contributed by atoms with Gasteiger partial charge < -0.3 is 14.8 Å². The minimum atomic E-state index is 0.126. The molecular weight excluding hydrogens is 278 g/mol. The molecule has 1 amide bonds. The molecule has 0 bridgehead atoms. The van der Waals surface area contributed by atoms with Crippen LogP contribution in [0.3, 0.4) is 0 Å². The van der Waals surface area contributed by atoms with E-state index in [1.807, 2.05) is 6.07 Å². The van der Waals surface area contributed by atoms with Crippen LogP contribution in [0.1, 0.15) is 37.7 Å². The van der Waals surface area contributed by atoms with Crippen LogP contribution in [0, 0.1) is 17.8 Å². The molecule has 116 valence electrons. The van der Waals surface area contributed by atoms with Crippen LogP contribution in [0.5, 0.6) is 11.5 Å². The maximum Gasteiger partial charge on any atom is 0.231 e. The Morgan fingerprint density at radius 2 is 2.05 bits per heavy atom. The number of benzene rings is 1. The lowest BCUT2D eigenvalue weighted by Gasteiger charge is -2.17. The Labute approximate surface area is 130 Å². The van der Waals surface area contributed by atoms with Crippen molar-refractivity contribution >= 4 is 5.91 Å². The summed E-state index contributed by atoms with van der Waals surface area (Å²) in [5.74, 6) is 3.81. The lowest BCUT2D eigenvalue weighted by molar-refractivity contribution is -0.122. The molecule has 3 saturated carbocycles. The molecule has 4 aliphatic rings. The van der Waals surface area contributed by atoms with Crippen LogP contribution in [-0.4, -0.2) is 19.2 Å². The first kappa shape index (κ1) is 12.8. The summed E-state index contributed by atoms with van der Waals surface area (Å²) in [5, 5.41) is 3.22. The molecule has 0 unspecified atom stereocenters. The lowest BCUT2D eigenvalue weighted by atomic mass is 9.95. The lowest BCUT2D eigenvalue weighted by Crippen LogP contribution is -2.33. The van der Waals surface area contributed by atoms with Crippen molar-refractivity contribution in [1.29, 1.82) is 0 Å². The monoisotopic (exact) mass is 299 g/mol. The van der Waals surface area contributed by atoms with Crippen molar-refractivity contribution < 1.29 is 14.3 Å². The van der Waals surface area contributed by atoms with E-state index in [2.05, 4.69) is 17.4 Å². The Kier molecular flexibility index (Phi) is 2.56. The van der Waals surface area contributed by atoms with Crippen LogP contribution in [0.4, 0.5) is 0 Å². The zero-order valence-corrected chi connectivity index (χ0v) is 12.6. The van der Waals surface area contributed by atoms with E-state index < -0.39 is 0 Å². The highest BCUT2D eigenvalue weighted by atomic mass is 16.7. The Morgan fingerprint density at radius 1 is 1.23 bits per heavy atom. The van der Waals surface area contributed by atoms with Gasteiger partial charge in [-0.3, -0.25) is 4.79 Å². The molecule has 3 aliphatic carbocycles. The number of rotatable bonds is 5. The smallest absolute Gasteiger partial charge is 0.231 e. The first-order chi connectivity index (χ1) is 10.8. The van der Waals surface area contributed by atoms with Crippen LogP contribution in [0.2, 0.25) is 0 Å². The maximum absolute atomic E-state index is 12.3. The zero-order valence-electron chi connectivity index (χ0n) is 12.6. The van der Waals surface area contributed by atoms with Crippen LogP contribution >= 0.6 is 0 Å². The second-order valence-corrected chi connectivity index (χ2v) is 7.41. The van der Waals surface area contributed by atoms with Crippen molar-refractivity contribution in [3.05, 3.63) is 23.8 Å². The zero-order chi connectivity index (χ0) is 14.7. The molecule has 1 N–H and O–H groups in total. The number of carbonyl (C=O) groups excluding carboxylic acids is 1. The van der Waals surface area contributed by atoms with E-state index in [1.54, 1.807) is 0 Å². The summed E-state index contributed by atoms with van der Waals surface area (Å²) in [4.78, 5) is 12.3. The van der Waals surface area contributed by atoms with Gasteiger partial charge in [-0.1, -0.05) is 6.07 Å². The molecule has 22 heavy (non-hydrogen) atoms. The van der Waals surface area contributed by atoms with Crippen molar-refractivity contribution in [3.63, 3.8) is 0 Å². The highest BCUT2D eigenvalue weighted by molar-refractivity contribution is 5.81. The SMILES string of the molecule is O=C(NCC1(c2ccc3c(c2)OCO3)CC1)[C@@H]1C[C@H]1C1CC1. The molecule has 4 heteroatoms. The number of hydrogen-bond acceptors (Lipinski definition) is 3. The molecule has 1 heterocycles. The molecule has 0 saturated heterocycles. The summed E-state index contributed by atoms with van der Waals surface area (Å²) in [6.07, 6.45) is 6.09. The fourth-order valence-corrected chi connectivity index (χ4v) is 3.89. The van der Waals surface area contributed by atoms with Gasteiger partial charge in [-0.15, -0.1) is 0 Å². The van der Waals surface area contributed by atoms with Gasteiger partial charge in [-0.05, 0) is 61.6 Å². The third-order valence-electron chi connectivity index (χ3n) is 5.84. The van der Waals surface area contributed by atoms with Crippen LogP contribution in [0.15, 0.2) is 18.2 Å². The van der Waals surface area contributed by atoms with Crippen LogP contribution in [-0.2, 0) is 10.2 Å². The van der Waals surface area contributed by atoms with E-state index in [0.717, 1.165) is 43.2 Å². The van der Waals surface area contributed by atoms with Crippen molar-refractivity contribution in [2.45, 2.75) is 37.5 Å². The minimum Gasteiger partial charge on any atom is -0.454 e. The maximum atomic E-state index is 12.3. The molecule has 3 fully saturated rings. The third kappa shape index (κ3) is 2.08. The summed E-state index contributed by atoms with van der Waals surface area (Å²) in [6, 6.07) is 6.20. The second kappa shape index (κ2) is 4.40. The number of hydrogen-bond donors (Lipinski definition) is 1. The van der Waals surface area contributed by atoms with Crippen molar-refractivity contribution in [3.8, 4) is 11.5 Å². The second-order valence-electron chi connectivity index (χ2n) is 7.41. The fourth-order valence-electron chi connectivity index (χ4n) is 3.89. The van der Waals surface area contributed by atoms with E-state index >= 15 is 0 Å². The number of amides is 1. The Balaban J connectivity index is 1.24. The largest absolute Gasteiger partial charge is 0.454 e. The van der Waals surface area contributed by atoms with Gasteiger partial charge >= 0.3 is 0 Å². The normalized spacial score (nSPS) is 30.0. The summed E-state index contributed by atoms with van der Waals surface area (Å²) >= 11 is 0. The fraction of sp³-hybridized carbons (Fsp3) is 0.611. The highest BCUT2D eigenvalue weighted by Gasteiger charge is 2.52. The molecule has 1 aromatic rings. The third-order valence-corrected chi connectivity index (χ3v) is 5.84. The Hall–Kier alpha value is -1.71. The topological polar surface area (TPSA) is 47.6 Å². The van der Waals surface area contributed by atoms with Crippen LogP contribution in [0.25, 0.3) is 0 Å². The summed E-state index contributed by atoms with van der Waals surface area (Å²) in [5.41, 5.74) is 1.40. The quantitative estimate of drug-likeness (QED) is 0.909. The molecule has 0 aromatic heterocycles. The van der Waals surface area contributed by atoms with Gasteiger partial charge in [0.1, 0.15) is 0 Å². The van der Waals surface area contributed by atoms with E-state index in [0.29, 0.717) is 18.6 Å². The summed E-state index contributed by atoms with van der Waals surface area (Å²) in [7, 11) is 0. The van der Waals surface area contributed by atoms with E-state index in [9.17, 15) is 4.79 Å². The summed E-state index contributed by atoms with van der Waals surface area (Å²) in [6.45, 7) is 1.08. The molecule has 0 radical (unpaired) electrons. The van der Waals surface area contributed by atoms with Crippen molar-refractivity contribution in [2.75, 3.05) is 13.3 Å². The van der Waals surface area contributed by atoms with Gasteiger partial charge in [0, 0.05) is 17.9 Å². The molecule has 1 aromatic carbocycles. The average Bonchev–Trinajstić information content (AvgIpc) is 3.40. The molecule has 1 aliphatic heterocycles. The number of nitrogens with one attached hydrogen (secondary N) is 1. The number of ether oxygens (including phenoxy) is 2. The van der Waals surface area contributed by atoms with Crippen molar-refractivity contribution in [2.24, 2.45) is 17.8 Å². The van der Waals surface area contributed by atoms with Gasteiger partial charge in [-0.25, -0.2) is 0 Å². The van der Waals surface area contributed by atoms with E-state index in [-0.39, 0.29) is 11.3 Å². The number of fused-ring (bicyclic) bond motifs is 1. The predicted octanol–water partition coefficient (Wildman–Crippen LogP) is 2.61. The van der Waals surface area contributed by atoms with Gasteiger partial charge in [0.15, 0.2) is 11.5 Å². The van der Waals surface area contributed by atoms with E-state index in [1.165, 1.54) is 18.4 Å². The van der Waals surface area contributed by atoms with Crippen molar-refractivity contribution in [1.82, 2.24) is 5.32 Å². The van der Waals surface area contributed by atoms with Crippen LogP contribution < -0.4 is 14.8 Å². The van der Waals surface area contributed by atoms with Gasteiger partial charge in [0.2, 0.25) is 12.7 Å². The first-order valence-corrected chi connectivity index (χ1v) is 8.43. The highest BCUT2D eigenvalue weighted by Crippen LogP contribution is 2.55. The van der Waals surface area contributed by atoms with Gasteiger partial charge in [0.05, 0.1) is 0 Å². The Morgan fingerprint density at radius 3 is 2.82 bits per heavy atom. The van der Waals surface area contributed by atoms with E-state index in [4.69, 9.17) is 9.47 Å². The molecule has 0 spiro atoms. The Bertz CT molecular complexity index is 633. The average molecular weight is 299 g/mol. The summed E-state index contributed by atoms with van der Waals surface area (Å²) < 4.78 is 10.8. The molecular formula is C18H21NO3. The molecule has 2 atom stereocenters. The first-order valence-electron chi connectivity index (χ1n) is 8.43. The van der Waals surface area contributed by atoms with Gasteiger partial charge in [0.25, 0.3) is 0 Å². The number of carbonyl (C=O) groups is 1. The van der Waals surface area contributed by atoms with Gasteiger partial charge in [-0.2, -0.15) is 0 Å². The molecule has 4 nitrogen and oxygen atoms in total. The standard InChI is InChI=1S/C18H21NO3/c20-17(14-8-13(14)11-1-2-11)19-9-18(5-6-18)12-3-4-15-16(7-12)22-10-21-15/h3-4,7,11,13-14H,1-2,5-6,8-10H2,(H,19,20)/t13-,14+/m0/s1. The molecule has 5 rings (SSSR count). The predicted molar refractivity (Wildman–Crippen MR) is 80.8 cm³/mol. The minimum absolute atomic E-state index is 0.126.